The number of aryl methyl sites for hydroxylation is 1. The molecule has 1 saturated heterocycles. The third kappa shape index (κ3) is 4.14. The van der Waals surface area contributed by atoms with Crippen molar-refractivity contribution < 1.29 is 19.4 Å². The lowest BCUT2D eigenvalue weighted by molar-refractivity contribution is 0.0300. The summed E-state index contributed by atoms with van der Waals surface area (Å²) in [4.78, 5) is 26.0. The molecule has 1 fully saturated rings. The van der Waals surface area contributed by atoms with Gasteiger partial charge >= 0.3 is 5.97 Å². The topological polar surface area (TPSA) is 70.1 Å². The average molecular weight is 423 g/mol. The summed E-state index contributed by atoms with van der Waals surface area (Å²) in [5.74, 6) is -1.07. The standard InChI is InChI=1S/C23H22N2O4S/c1-16-7-8-17(15-19(16)20-9-10-21(30-20)23(27)28)22(26)25(18-5-3-2-4-6-18)24-11-13-29-14-12-24/h2-10,15H,11-14H2,1H3,(H,27,28). The number of para-hydroxylation sites is 1. The predicted octanol–water partition coefficient (Wildman–Crippen LogP) is 4.32. The summed E-state index contributed by atoms with van der Waals surface area (Å²) in [6.45, 7) is 4.37. The van der Waals surface area contributed by atoms with Crippen molar-refractivity contribution >= 4 is 28.9 Å². The average Bonchev–Trinajstić information content (AvgIpc) is 3.26. The van der Waals surface area contributed by atoms with Crippen LogP contribution in [0.5, 0.6) is 0 Å². The molecule has 1 N–H and O–H groups in total. The maximum absolute atomic E-state index is 13.6. The van der Waals surface area contributed by atoms with Crippen molar-refractivity contribution in [3.8, 4) is 10.4 Å². The Hall–Kier alpha value is -3.00. The first-order valence-electron chi connectivity index (χ1n) is 9.71. The Kier molecular flexibility index (Phi) is 5.94. The number of rotatable bonds is 5. The molecule has 0 spiro atoms. The minimum atomic E-state index is -0.946. The van der Waals surface area contributed by atoms with E-state index in [2.05, 4.69) is 0 Å². The van der Waals surface area contributed by atoms with Crippen LogP contribution in [0.1, 0.15) is 25.6 Å². The van der Waals surface area contributed by atoms with E-state index in [1.807, 2.05) is 60.5 Å². The number of carbonyl (C=O) groups is 2. The van der Waals surface area contributed by atoms with Crippen molar-refractivity contribution in [3.63, 3.8) is 0 Å². The van der Waals surface area contributed by atoms with Crippen LogP contribution < -0.4 is 5.01 Å². The van der Waals surface area contributed by atoms with Crippen molar-refractivity contribution in [2.45, 2.75) is 6.92 Å². The van der Waals surface area contributed by atoms with Crippen LogP contribution in [0.25, 0.3) is 10.4 Å². The number of ether oxygens (including phenoxy) is 1. The van der Waals surface area contributed by atoms with Gasteiger partial charge in [0.15, 0.2) is 0 Å². The van der Waals surface area contributed by atoms with Gasteiger partial charge < -0.3 is 9.84 Å². The van der Waals surface area contributed by atoms with E-state index in [0.29, 0.717) is 31.9 Å². The van der Waals surface area contributed by atoms with Crippen LogP contribution in [-0.4, -0.2) is 48.3 Å². The number of nitrogens with zero attached hydrogens (tertiary/aromatic N) is 2. The fourth-order valence-corrected chi connectivity index (χ4v) is 4.40. The molecule has 1 amide bonds. The molecule has 2 heterocycles. The number of aromatic carboxylic acids is 1. The molecule has 7 heteroatoms. The lowest BCUT2D eigenvalue weighted by Gasteiger charge is -2.37. The van der Waals surface area contributed by atoms with Gasteiger partial charge in [-0.2, -0.15) is 0 Å². The van der Waals surface area contributed by atoms with Crippen molar-refractivity contribution in [2.75, 3.05) is 31.3 Å². The van der Waals surface area contributed by atoms with Crippen LogP contribution in [0.15, 0.2) is 60.7 Å². The van der Waals surface area contributed by atoms with E-state index in [4.69, 9.17) is 4.74 Å². The molecule has 1 aliphatic rings. The van der Waals surface area contributed by atoms with E-state index in [1.54, 1.807) is 17.1 Å². The molecular formula is C23H22N2O4S. The van der Waals surface area contributed by atoms with Gasteiger partial charge in [-0.1, -0.05) is 24.3 Å². The third-order valence-corrected chi connectivity index (χ3v) is 6.14. The second-order valence-corrected chi connectivity index (χ2v) is 8.10. The van der Waals surface area contributed by atoms with Crippen molar-refractivity contribution in [1.29, 1.82) is 0 Å². The molecule has 30 heavy (non-hydrogen) atoms. The van der Waals surface area contributed by atoms with Gasteiger partial charge in [0.1, 0.15) is 4.88 Å². The van der Waals surface area contributed by atoms with Crippen LogP contribution in [0.3, 0.4) is 0 Å². The van der Waals surface area contributed by atoms with Crippen molar-refractivity contribution in [1.82, 2.24) is 5.01 Å². The fourth-order valence-electron chi connectivity index (χ4n) is 3.47. The van der Waals surface area contributed by atoms with Gasteiger partial charge in [-0.15, -0.1) is 11.3 Å². The first-order valence-corrected chi connectivity index (χ1v) is 10.5. The fraction of sp³-hybridized carbons (Fsp3) is 0.217. The molecule has 3 aromatic rings. The lowest BCUT2D eigenvalue weighted by Crippen LogP contribution is -2.52. The van der Waals surface area contributed by atoms with E-state index in [-0.39, 0.29) is 10.8 Å². The monoisotopic (exact) mass is 422 g/mol. The summed E-state index contributed by atoms with van der Waals surface area (Å²) in [6.07, 6.45) is 0. The normalized spacial score (nSPS) is 14.4. The number of carboxylic acid groups (broad SMARTS) is 1. The highest BCUT2D eigenvalue weighted by molar-refractivity contribution is 7.17. The Morgan fingerprint density at radius 1 is 1.03 bits per heavy atom. The molecule has 0 saturated carbocycles. The Morgan fingerprint density at radius 3 is 2.43 bits per heavy atom. The minimum Gasteiger partial charge on any atom is -0.477 e. The van der Waals surface area contributed by atoms with Gasteiger partial charge in [0.25, 0.3) is 5.91 Å². The highest BCUT2D eigenvalue weighted by Gasteiger charge is 2.26. The van der Waals surface area contributed by atoms with Crippen LogP contribution >= 0.6 is 11.3 Å². The number of anilines is 1. The maximum Gasteiger partial charge on any atom is 0.345 e. The van der Waals surface area contributed by atoms with Gasteiger partial charge in [0.2, 0.25) is 0 Å². The molecule has 0 atom stereocenters. The molecule has 2 aromatic carbocycles. The van der Waals surface area contributed by atoms with E-state index in [9.17, 15) is 14.7 Å². The Labute approximate surface area is 178 Å². The third-order valence-electron chi connectivity index (χ3n) is 5.03. The van der Waals surface area contributed by atoms with Gasteiger partial charge in [0.05, 0.1) is 18.9 Å². The molecule has 154 valence electrons. The summed E-state index contributed by atoms with van der Waals surface area (Å²) in [7, 11) is 0. The zero-order valence-electron chi connectivity index (χ0n) is 16.6. The molecule has 4 rings (SSSR count). The Bertz CT molecular complexity index is 1060. The molecule has 0 aliphatic carbocycles. The van der Waals surface area contributed by atoms with E-state index < -0.39 is 5.97 Å². The lowest BCUT2D eigenvalue weighted by atomic mass is 10.0. The van der Waals surface area contributed by atoms with Crippen molar-refractivity contribution in [3.05, 3.63) is 76.7 Å². The van der Waals surface area contributed by atoms with Gasteiger partial charge in [0, 0.05) is 23.5 Å². The summed E-state index contributed by atoms with van der Waals surface area (Å²) in [6, 6.07) is 18.6. The van der Waals surface area contributed by atoms with Crippen LogP contribution in [-0.2, 0) is 4.74 Å². The van der Waals surface area contributed by atoms with Gasteiger partial charge in [-0.25, -0.2) is 14.8 Å². The number of hydrazine groups is 1. The van der Waals surface area contributed by atoms with E-state index >= 15 is 0 Å². The number of carbonyl (C=O) groups excluding carboxylic acids is 1. The number of amides is 1. The molecule has 0 radical (unpaired) electrons. The zero-order chi connectivity index (χ0) is 21.1. The van der Waals surface area contributed by atoms with Gasteiger partial charge in [-0.3, -0.25) is 4.79 Å². The van der Waals surface area contributed by atoms with E-state index in [1.165, 1.54) is 11.3 Å². The van der Waals surface area contributed by atoms with Crippen LogP contribution in [0.4, 0.5) is 5.69 Å². The maximum atomic E-state index is 13.6. The molecule has 0 bridgehead atoms. The number of thiophene rings is 1. The highest BCUT2D eigenvalue weighted by atomic mass is 32.1. The second kappa shape index (κ2) is 8.79. The van der Waals surface area contributed by atoms with Crippen LogP contribution in [0.2, 0.25) is 0 Å². The van der Waals surface area contributed by atoms with Gasteiger partial charge in [-0.05, 0) is 54.4 Å². The quantitative estimate of drug-likeness (QED) is 0.663. The molecule has 0 unspecified atom stereocenters. The summed E-state index contributed by atoms with van der Waals surface area (Å²) < 4.78 is 5.46. The summed E-state index contributed by atoms with van der Waals surface area (Å²) in [5.41, 5.74) is 3.21. The number of hydrogen-bond acceptors (Lipinski definition) is 5. The minimum absolute atomic E-state index is 0.126. The summed E-state index contributed by atoms with van der Waals surface area (Å²) in [5, 5.41) is 13.0. The smallest absolute Gasteiger partial charge is 0.345 e. The van der Waals surface area contributed by atoms with E-state index in [0.717, 1.165) is 21.7 Å². The largest absolute Gasteiger partial charge is 0.477 e. The number of benzene rings is 2. The highest BCUT2D eigenvalue weighted by Crippen LogP contribution is 2.32. The van der Waals surface area contributed by atoms with Crippen LogP contribution in [0, 0.1) is 6.92 Å². The molecule has 1 aliphatic heterocycles. The van der Waals surface area contributed by atoms with Crippen molar-refractivity contribution in [2.24, 2.45) is 0 Å². The summed E-state index contributed by atoms with van der Waals surface area (Å²) >= 11 is 1.21. The number of hydrogen-bond donors (Lipinski definition) is 1. The first kappa shape index (κ1) is 20.3. The first-order chi connectivity index (χ1) is 14.5. The Morgan fingerprint density at radius 2 is 1.77 bits per heavy atom. The number of carboxylic acids is 1. The molecular weight excluding hydrogens is 400 g/mol. The zero-order valence-corrected chi connectivity index (χ0v) is 17.4. The second-order valence-electron chi connectivity index (χ2n) is 7.02. The molecule has 6 nitrogen and oxygen atoms in total. The number of morpholine rings is 1. The Balaban J connectivity index is 1.72. The SMILES string of the molecule is Cc1ccc(C(=O)N(c2ccccc2)N2CCOCC2)cc1-c1ccc(C(=O)O)s1. The molecule has 1 aromatic heterocycles. The predicted molar refractivity (Wildman–Crippen MR) is 117 cm³/mol.